The lowest BCUT2D eigenvalue weighted by atomic mass is 10.1. The second kappa shape index (κ2) is 18.4. The van der Waals surface area contributed by atoms with Gasteiger partial charge in [-0.15, -0.1) is 0 Å². The maximum atomic E-state index is 12.6. The van der Waals surface area contributed by atoms with Crippen LogP contribution in [0, 0.1) is 0 Å². The summed E-state index contributed by atoms with van der Waals surface area (Å²) in [6, 6.07) is -2.10. The van der Waals surface area contributed by atoms with Gasteiger partial charge < -0.3 is 15.7 Å². The van der Waals surface area contributed by atoms with E-state index >= 15 is 0 Å². The summed E-state index contributed by atoms with van der Waals surface area (Å²) in [5, 5.41) is 24.5. The van der Waals surface area contributed by atoms with E-state index in [1.54, 1.807) is 0 Å². The summed E-state index contributed by atoms with van der Waals surface area (Å²) in [6.45, 7) is 0.619. The third kappa shape index (κ3) is 14.9. The van der Waals surface area contributed by atoms with Crippen LogP contribution in [-0.2, 0) is 14.4 Å². The summed E-state index contributed by atoms with van der Waals surface area (Å²) in [7, 11) is 0. The molecular formula is C16H27N11O4. The van der Waals surface area contributed by atoms with Crippen molar-refractivity contribution < 1.29 is 19.5 Å². The molecule has 0 rings (SSSR count). The van der Waals surface area contributed by atoms with Crippen molar-refractivity contribution in [3.8, 4) is 0 Å². The number of azide groups is 3. The van der Waals surface area contributed by atoms with E-state index in [1.165, 1.54) is 0 Å². The highest BCUT2D eigenvalue weighted by Gasteiger charge is 2.25. The fourth-order valence-electron chi connectivity index (χ4n) is 2.57. The molecule has 3 N–H and O–H groups in total. The molecule has 170 valence electrons. The Bertz CT molecular complexity index is 725. The maximum Gasteiger partial charge on any atom is 0.326 e. The molecule has 0 aromatic rings. The number of nitrogens with one attached hydrogen (secondary N) is 2. The van der Waals surface area contributed by atoms with Crippen molar-refractivity contribution in [3.05, 3.63) is 31.3 Å². The van der Waals surface area contributed by atoms with E-state index in [-0.39, 0.29) is 38.9 Å². The largest absolute Gasteiger partial charge is 0.480 e. The minimum absolute atomic E-state index is 0.0449. The Labute approximate surface area is 178 Å². The Kier molecular flexibility index (Phi) is 16.2. The average molecular weight is 437 g/mol. The summed E-state index contributed by atoms with van der Waals surface area (Å²) < 4.78 is 0. The molecular weight excluding hydrogens is 410 g/mol. The SMILES string of the molecule is [N-]=[N+]=NCCCCC(NC(=O)C(CCCCN=[N+]=[N-])NC(=O)CCCN=[N+]=[N-])C(=O)O. The molecule has 0 aromatic carbocycles. The van der Waals surface area contributed by atoms with Crippen LogP contribution < -0.4 is 10.6 Å². The van der Waals surface area contributed by atoms with E-state index in [4.69, 9.17) is 16.6 Å². The maximum absolute atomic E-state index is 12.6. The molecule has 2 amide bonds. The Morgan fingerprint density at radius 3 is 1.71 bits per heavy atom. The van der Waals surface area contributed by atoms with Gasteiger partial charge in [-0.05, 0) is 48.7 Å². The molecule has 0 spiro atoms. The molecule has 0 fully saturated rings. The highest BCUT2D eigenvalue weighted by atomic mass is 16.4. The number of amides is 2. The van der Waals surface area contributed by atoms with E-state index in [9.17, 15) is 19.5 Å². The number of carboxylic acids is 1. The minimum atomic E-state index is -1.21. The number of carbonyl (C=O) groups is 3. The molecule has 0 aliphatic carbocycles. The number of nitrogens with zero attached hydrogens (tertiary/aromatic N) is 9. The minimum Gasteiger partial charge on any atom is -0.480 e. The molecule has 0 aliphatic heterocycles. The van der Waals surface area contributed by atoms with Crippen LogP contribution in [-0.4, -0.2) is 54.6 Å². The zero-order valence-corrected chi connectivity index (χ0v) is 17.1. The van der Waals surface area contributed by atoms with E-state index in [1.807, 2.05) is 0 Å². The number of hydrogen-bond donors (Lipinski definition) is 3. The summed E-state index contributed by atoms with van der Waals surface area (Å²) in [5.41, 5.74) is 24.8. The molecule has 2 unspecified atom stereocenters. The first-order valence-corrected chi connectivity index (χ1v) is 9.81. The van der Waals surface area contributed by atoms with E-state index in [0.717, 1.165) is 0 Å². The summed E-state index contributed by atoms with van der Waals surface area (Å²) in [6.07, 6.45) is 2.62. The number of rotatable bonds is 18. The van der Waals surface area contributed by atoms with Gasteiger partial charge in [-0.1, -0.05) is 28.2 Å². The smallest absolute Gasteiger partial charge is 0.326 e. The molecule has 15 heteroatoms. The van der Waals surface area contributed by atoms with Gasteiger partial charge >= 0.3 is 5.97 Å². The normalized spacial score (nSPS) is 11.6. The van der Waals surface area contributed by atoms with Crippen LogP contribution in [0.1, 0.15) is 51.4 Å². The molecule has 15 nitrogen and oxygen atoms in total. The molecule has 0 aromatic heterocycles. The lowest BCUT2D eigenvalue weighted by molar-refractivity contribution is -0.142. The van der Waals surface area contributed by atoms with Crippen molar-refractivity contribution in [3.63, 3.8) is 0 Å². The standard InChI is InChI=1S/C16H27N11O4/c17-25-20-9-3-1-6-12(23-14(28)8-5-11-22-27-19)15(29)24-13(16(30)31)7-2-4-10-21-26-18/h12-13H,1-11H2,(H,23,28)(H,24,29)(H,30,31). The van der Waals surface area contributed by atoms with Gasteiger partial charge in [-0.3, -0.25) is 9.59 Å². The number of unbranched alkanes of at least 4 members (excludes halogenated alkanes) is 2. The van der Waals surface area contributed by atoms with Gasteiger partial charge in [0.1, 0.15) is 12.1 Å². The summed E-state index contributed by atoms with van der Waals surface area (Å²) in [5.74, 6) is -2.26. The molecule has 0 bridgehead atoms. The van der Waals surface area contributed by atoms with Gasteiger partial charge in [-0.2, -0.15) is 0 Å². The molecule has 2 atom stereocenters. The van der Waals surface area contributed by atoms with Crippen LogP contribution in [0.3, 0.4) is 0 Å². The zero-order valence-electron chi connectivity index (χ0n) is 17.1. The third-order valence-corrected chi connectivity index (χ3v) is 4.12. The van der Waals surface area contributed by atoms with Gasteiger partial charge in [-0.25, -0.2) is 4.79 Å². The van der Waals surface area contributed by atoms with E-state index in [0.29, 0.717) is 32.1 Å². The number of hydrogen-bond acceptors (Lipinski definition) is 6. The lowest BCUT2D eigenvalue weighted by Gasteiger charge is -2.21. The number of aliphatic carboxylic acids is 1. The van der Waals surface area contributed by atoms with Crippen LogP contribution in [0.4, 0.5) is 0 Å². The van der Waals surface area contributed by atoms with Gasteiger partial charge in [0.15, 0.2) is 0 Å². The first-order chi connectivity index (χ1) is 15.0. The highest BCUT2D eigenvalue weighted by Crippen LogP contribution is 2.07. The van der Waals surface area contributed by atoms with Crippen LogP contribution >= 0.6 is 0 Å². The van der Waals surface area contributed by atoms with Crippen molar-refractivity contribution in [2.45, 2.75) is 63.5 Å². The quantitative estimate of drug-likeness (QED) is 0.126. The first-order valence-electron chi connectivity index (χ1n) is 9.81. The second-order valence-electron chi connectivity index (χ2n) is 6.48. The topological polar surface area (TPSA) is 242 Å². The van der Waals surface area contributed by atoms with E-state index < -0.39 is 29.9 Å². The predicted molar refractivity (Wildman–Crippen MR) is 110 cm³/mol. The Morgan fingerprint density at radius 1 is 0.742 bits per heavy atom. The lowest BCUT2D eigenvalue weighted by Crippen LogP contribution is -2.51. The van der Waals surface area contributed by atoms with Crippen LogP contribution in [0.5, 0.6) is 0 Å². The Hall–Kier alpha value is -3.66. The zero-order chi connectivity index (χ0) is 23.3. The first kappa shape index (κ1) is 27.3. The summed E-state index contributed by atoms with van der Waals surface area (Å²) >= 11 is 0. The monoisotopic (exact) mass is 437 g/mol. The van der Waals surface area contributed by atoms with Crippen LogP contribution in [0.2, 0.25) is 0 Å². The second-order valence-corrected chi connectivity index (χ2v) is 6.48. The fraction of sp³-hybridized carbons (Fsp3) is 0.812. The number of carbonyl (C=O) groups excluding carboxylic acids is 2. The van der Waals surface area contributed by atoms with Gasteiger partial charge in [0.2, 0.25) is 11.8 Å². The van der Waals surface area contributed by atoms with E-state index in [2.05, 4.69) is 40.7 Å². The average Bonchev–Trinajstić information content (AvgIpc) is 2.74. The number of carboxylic acid groups (broad SMARTS) is 1. The molecule has 0 saturated heterocycles. The van der Waals surface area contributed by atoms with Crippen LogP contribution in [0.25, 0.3) is 31.3 Å². The molecule has 31 heavy (non-hydrogen) atoms. The van der Waals surface area contributed by atoms with Gasteiger partial charge in [0.05, 0.1) is 0 Å². The Balaban J connectivity index is 4.88. The molecule has 0 aliphatic rings. The molecule has 0 heterocycles. The van der Waals surface area contributed by atoms with Crippen molar-refractivity contribution in [2.24, 2.45) is 15.3 Å². The molecule has 0 saturated carbocycles. The third-order valence-electron chi connectivity index (χ3n) is 4.12. The van der Waals surface area contributed by atoms with Crippen molar-refractivity contribution in [1.82, 2.24) is 10.6 Å². The predicted octanol–water partition coefficient (Wildman–Crippen LogP) is 3.09. The van der Waals surface area contributed by atoms with Crippen molar-refractivity contribution >= 4 is 17.8 Å². The Morgan fingerprint density at radius 2 is 1.23 bits per heavy atom. The summed E-state index contributed by atoms with van der Waals surface area (Å²) in [4.78, 5) is 44.0. The van der Waals surface area contributed by atoms with Crippen molar-refractivity contribution in [2.75, 3.05) is 19.6 Å². The van der Waals surface area contributed by atoms with Gasteiger partial charge in [0, 0.05) is 40.8 Å². The van der Waals surface area contributed by atoms with Crippen molar-refractivity contribution in [1.29, 1.82) is 0 Å². The molecule has 0 radical (unpaired) electrons. The van der Waals surface area contributed by atoms with Gasteiger partial charge in [0.25, 0.3) is 0 Å². The highest BCUT2D eigenvalue weighted by molar-refractivity contribution is 5.90. The van der Waals surface area contributed by atoms with Crippen LogP contribution in [0.15, 0.2) is 15.3 Å². The fourth-order valence-corrected chi connectivity index (χ4v) is 2.57.